The van der Waals surface area contributed by atoms with Crippen molar-refractivity contribution in [3.63, 3.8) is 0 Å². The summed E-state index contributed by atoms with van der Waals surface area (Å²) in [6.45, 7) is 4.27. The van der Waals surface area contributed by atoms with Crippen LogP contribution in [0.25, 0.3) is 33.7 Å². The minimum absolute atomic E-state index is 1.14. The molecule has 0 fully saturated rings. The van der Waals surface area contributed by atoms with E-state index in [1.165, 1.54) is 43.8 Å². The van der Waals surface area contributed by atoms with Crippen molar-refractivity contribution in [3.05, 3.63) is 150 Å². The molecule has 0 aromatic heterocycles. The smallest absolute Gasteiger partial charge is 0.0462 e. The average Bonchev–Trinajstić information content (AvgIpc) is 2.93. The summed E-state index contributed by atoms with van der Waals surface area (Å²) in [5.74, 6) is 0. The van der Waals surface area contributed by atoms with Crippen LogP contribution < -0.4 is 4.90 Å². The van der Waals surface area contributed by atoms with Crippen LogP contribution in [0.2, 0.25) is 0 Å². The van der Waals surface area contributed by atoms with Crippen LogP contribution in [0.5, 0.6) is 0 Å². The lowest BCUT2D eigenvalue weighted by molar-refractivity contribution is 1.27. The van der Waals surface area contributed by atoms with E-state index in [0.717, 1.165) is 17.1 Å². The van der Waals surface area contributed by atoms with Gasteiger partial charge in [-0.25, -0.2) is 0 Å². The van der Waals surface area contributed by atoms with Crippen molar-refractivity contribution in [3.8, 4) is 0 Å². The third kappa shape index (κ3) is 4.90. The number of aryl methyl sites for hydroxylation is 2. The van der Waals surface area contributed by atoms with Gasteiger partial charge in [-0.05, 0) is 101 Å². The number of para-hydroxylation sites is 1. The molecule has 6 aromatic rings. The lowest BCUT2D eigenvalue weighted by Gasteiger charge is -2.25. The molecule has 6 rings (SSSR count). The van der Waals surface area contributed by atoms with Gasteiger partial charge in [0, 0.05) is 17.1 Å². The van der Waals surface area contributed by atoms with Gasteiger partial charge in [0.05, 0.1) is 0 Å². The molecule has 6 aromatic carbocycles. The van der Waals surface area contributed by atoms with E-state index in [2.05, 4.69) is 158 Å². The molecule has 37 heavy (non-hydrogen) atoms. The van der Waals surface area contributed by atoms with Gasteiger partial charge in [0.25, 0.3) is 0 Å². The topological polar surface area (TPSA) is 3.24 Å². The van der Waals surface area contributed by atoms with Crippen molar-refractivity contribution in [2.45, 2.75) is 13.8 Å². The molecule has 178 valence electrons. The van der Waals surface area contributed by atoms with Crippen molar-refractivity contribution in [1.82, 2.24) is 0 Å². The maximum Gasteiger partial charge on any atom is 0.0462 e. The van der Waals surface area contributed by atoms with Crippen molar-refractivity contribution in [1.29, 1.82) is 0 Å². The Hall–Kier alpha value is -4.62. The van der Waals surface area contributed by atoms with Gasteiger partial charge >= 0.3 is 0 Å². The highest BCUT2D eigenvalue weighted by molar-refractivity contribution is 5.99. The standard InChI is InChI=1S/C36H29N/c1-26-9-18-35(19-10-26)37(34-6-4-3-5-7-34)36-20-14-28(15-21-36)11-12-29-13-17-31-24-32-22-27(2)8-16-30(32)25-33(31)23-29/h3-25H,1-2H3. The molecule has 0 saturated heterocycles. The maximum absolute atomic E-state index is 2.29. The van der Waals surface area contributed by atoms with E-state index in [0.29, 0.717) is 0 Å². The molecule has 1 nitrogen and oxygen atoms in total. The molecule has 0 aliphatic rings. The van der Waals surface area contributed by atoms with E-state index >= 15 is 0 Å². The van der Waals surface area contributed by atoms with Gasteiger partial charge in [-0.3, -0.25) is 0 Å². The van der Waals surface area contributed by atoms with Crippen LogP contribution in [0.3, 0.4) is 0 Å². The second-order valence-electron chi connectivity index (χ2n) is 9.74. The lowest BCUT2D eigenvalue weighted by atomic mass is 10.00. The molecule has 0 unspecified atom stereocenters. The molecule has 0 aliphatic carbocycles. The minimum Gasteiger partial charge on any atom is -0.311 e. The van der Waals surface area contributed by atoms with Crippen molar-refractivity contribution < 1.29 is 0 Å². The van der Waals surface area contributed by atoms with E-state index in [1.54, 1.807) is 0 Å². The van der Waals surface area contributed by atoms with Gasteiger partial charge in [-0.1, -0.05) is 96.1 Å². The first-order chi connectivity index (χ1) is 18.1. The molecule has 0 heterocycles. The highest BCUT2D eigenvalue weighted by Crippen LogP contribution is 2.34. The second kappa shape index (κ2) is 9.79. The molecule has 1 heteroatoms. The molecule has 0 bridgehead atoms. The summed E-state index contributed by atoms with van der Waals surface area (Å²) < 4.78 is 0. The first kappa shape index (κ1) is 22.8. The van der Waals surface area contributed by atoms with Crippen LogP contribution in [0.4, 0.5) is 17.1 Å². The predicted molar refractivity (Wildman–Crippen MR) is 161 cm³/mol. The van der Waals surface area contributed by atoms with Gasteiger partial charge in [0.2, 0.25) is 0 Å². The SMILES string of the molecule is Cc1ccc(N(c2ccccc2)c2ccc(C=Cc3ccc4cc5cc(C)ccc5cc4c3)cc2)cc1. The predicted octanol–water partition coefficient (Wildman–Crippen LogP) is 10.3. The number of rotatable bonds is 5. The van der Waals surface area contributed by atoms with Crippen LogP contribution in [-0.2, 0) is 0 Å². The van der Waals surface area contributed by atoms with E-state index in [-0.39, 0.29) is 0 Å². The van der Waals surface area contributed by atoms with E-state index in [9.17, 15) is 0 Å². The molecular weight excluding hydrogens is 446 g/mol. The lowest BCUT2D eigenvalue weighted by Crippen LogP contribution is -2.09. The van der Waals surface area contributed by atoms with Crippen molar-refractivity contribution in [2.24, 2.45) is 0 Å². The summed E-state index contributed by atoms with van der Waals surface area (Å²) in [5.41, 5.74) is 8.37. The van der Waals surface area contributed by atoms with Gasteiger partial charge in [0.15, 0.2) is 0 Å². The molecule has 0 radical (unpaired) electrons. The van der Waals surface area contributed by atoms with Crippen LogP contribution in [0.15, 0.2) is 127 Å². The van der Waals surface area contributed by atoms with Crippen LogP contribution in [-0.4, -0.2) is 0 Å². The Morgan fingerprint density at radius 1 is 0.405 bits per heavy atom. The average molecular weight is 476 g/mol. The second-order valence-corrected chi connectivity index (χ2v) is 9.74. The summed E-state index contributed by atoms with van der Waals surface area (Å²) in [7, 11) is 0. The summed E-state index contributed by atoms with van der Waals surface area (Å²) in [4.78, 5) is 2.29. The third-order valence-electron chi connectivity index (χ3n) is 6.90. The van der Waals surface area contributed by atoms with E-state index in [4.69, 9.17) is 0 Å². The monoisotopic (exact) mass is 475 g/mol. The number of nitrogens with zero attached hydrogens (tertiary/aromatic N) is 1. The Labute approximate surface area is 218 Å². The van der Waals surface area contributed by atoms with Crippen LogP contribution in [0, 0.1) is 13.8 Å². The zero-order chi connectivity index (χ0) is 25.2. The number of hydrogen-bond acceptors (Lipinski definition) is 1. The zero-order valence-electron chi connectivity index (χ0n) is 21.2. The van der Waals surface area contributed by atoms with Crippen LogP contribution in [0.1, 0.15) is 22.3 Å². The van der Waals surface area contributed by atoms with Crippen molar-refractivity contribution in [2.75, 3.05) is 4.90 Å². The number of fused-ring (bicyclic) bond motifs is 2. The fourth-order valence-corrected chi connectivity index (χ4v) is 4.88. The highest BCUT2D eigenvalue weighted by atomic mass is 15.1. The van der Waals surface area contributed by atoms with Crippen LogP contribution >= 0.6 is 0 Å². The van der Waals surface area contributed by atoms with Gasteiger partial charge in [-0.2, -0.15) is 0 Å². The number of hydrogen-bond donors (Lipinski definition) is 0. The molecule has 0 atom stereocenters. The van der Waals surface area contributed by atoms with Gasteiger partial charge < -0.3 is 4.90 Å². The summed E-state index contributed by atoms with van der Waals surface area (Å²) in [5, 5.41) is 5.12. The first-order valence-corrected chi connectivity index (χ1v) is 12.8. The Morgan fingerprint density at radius 2 is 0.919 bits per heavy atom. The van der Waals surface area contributed by atoms with E-state index < -0.39 is 0 Å². The third-order valence-corrected chi connectivity index (χ3v) is 6.90. The summed E-state index contributed by atoms with van der Waals surface area (Å²) >= 11 is 0. The number of benzene rings is 6. The Kier molecular flexibility index (Phi) is 6.04. The molecule has 0 N–H and O–H groups in total. The molecular formula is C36H29N. The van der Waals surface area contributed by atoms with E-state index in [1.807, 2.05) is 0 Å². The van der Waals surface area contributed by atoms with Gasteiger partial charge in [-0.15, -0.1) is 0 Å². The molecule has 0 aliphatic heterocycles. The minimum atomic E-state index is 1.14. The molecule has 0 spiro atoms. The summed E-state index contributed by atoms with van der Waals surface area (Å²) in [6, 6.07) is 45.9. The van der Waals surface area contributed by atoms with Gasteiger partial charge in [0.1, 0.15) is 0 Å². The Morgan fingerprint density at radius 3 is 1.62 bits per heavy atom. The maximum atomic E-state index is 2.29. The fraction of sp³-hybridized carbons (Fsp3) is 0.0556. The normalized spacial score (nSPS) is 11.4. The number of anilines is 3. The van der Waals surface area contributed by atoms with Crippen molar-refractivity contribution >= 4 is 50.8 Å². The highest BCUT2D eigenvalue weighted by Gasteiger charge is 2.11. The Bertz CT molecular complexity index is 1710. The molecule has 0 saturated carbocycles. The largest absolute Gasteiger partial charge is 0.311 e. The summed E-state index contributed by atoms with van der Waals surface area (Å²) in [6.07, 6.45) is 4.39. The Balaban J connectivity index is 1.28. The first-order valence-electron chi connectivity index (χ1n) is 12.8. The fourth-order valence-electron chi connectivity index (χ4n) is 4.88. The quantitative estimate of drug-likeness (QED) is 0.177. The molecule has 0 amide bonds. The zero-order valence-corrected chi connectivity index (χ0v) is 21.2.